The molecule has 200 valence electrons. The Bertz CT molecular complexity index is 1640. The second kappa shape index (κ2) is 12.7. The minimum atomic E-state index is -3.85. The molecule has 0 aromatic heterocycles. The first-order valence-electron chi connectivity index (χ1n) is 12.9. The van der Waals surface area contributed by atoms with Crippen LogP contribution in [0, 0.1) is 6.92 Å². The summed E-state index contributed by atoms with van der Waals surface area (Å²) >= 11 is 6.30. The van der Waals surface area contributed by atoms with Gasteiger partial charge in [-0.1, -0.05) is 132 Å². The normalized spacial score (nSPS) is 12.7. The zero-order valence-corrected chi connectivity index (χ0v) is 24.5. The van der Waals surface area contributed by atoms with E-state index < -0.39 is 17.9 Å². The summed E-state index contributed by atoms with van der Waals surface area (Å²) in [4.78, 5) is 0.219. The lowest BCUT2D eigenvalue weighted by atomic mass is 10.1. The van der Waals surface area contributed by atoms with Gasteiger partial charge in [-0.15, -0.1) is 0 Å². The fourth-order valence-corrected chi connectivity index (χ4v) is 8.42. The van der Waals surface area contributed by atoms with Crippen molar-refractivity contribution in [3.8, 4) is 0 Å². The van der Waals surface area contributed by atoms with Crippen molar-refractivity contribution >= 4 is 45.9 Å². The first-order valence-corrected chi connectivity index (χ1v) is 16.2. The summed E-state index contributed by atoms with van der Waals surface area (Å²) in [6.45, 7) is 1.94. The van der Waals surface area contributed by atoms with E-state index in [1.165, 1.54) is 10.6 Å². The van der Waals surface area contributed by atoms with Gasteiger partial charge in [0.2, 0.25) is 0 Å². The van der Waals surface area contributed by atoms with Gasteiger partial charge in [0, 0.05) is 10.7 Å². The first-order chi connectivity index (χ1) is 19.4. The van der Waals surface area contributed by atoms with Crippen LogP contribution in [0.1, 0.15) is 22.3 Å². The van der Waals surface area contributed by atoms with E-state index in [1.54, 1.807) is 24.3 Å². The van der Waals surface area contributed by atoms with Gasteiger partial charge in [0.25, 0.3) is 10.0 Å². The smallest absolute Gasteiger partial charge is 0.261 e. The highest BCUT2D eigenvalue weighted by Crippen LogP contribution is 2.51. The molecule has 0 heterocycles. The number of sulfonamides is 1. The molecule has 1 atom stereocenters. The van der Waals surface area contributed by atoms with Gasteiger partial charge in [-0.3, -0.25) is 4.72 Å². The number of nitrogens with one attached hydrogen (secondary N) is 1. The van der Waals surface area contributed by atoms with Crippen LogP contribution in [0.5, 0.6) is 0 Å². The van der Waals surface area contributed by atoms with Crippen LogP contribution in [-0.4, -0.2) is 8.42 Å². The average molecular weight is 582 g/mol. The molecule has 0 aliphatic heterocycles. The Kier molecular flexibility index (Phi) is 8.81. The second-order valence-corrected chi connectivity index (χ2v) is 13.9. The van der Waals surface area contributed by atoms with E-state index in [0.717, 1.165) is 16.7 Å². The van der Waals surface area contributed by atoms with E-state index in [9.17, 15) is 8.42 Å². The molecule has 0 spiro atoms. The van der Waals surface area contributed by atoms with Crippen LogP contribution in [-0.2, 0) is 10.0 Å². The van der Waals surface area contributed by atoms with Crippen molar-refractivity contribution in [1.29, 1.82) is 0 Å². The lowest BCUT2D eigenvalue weighted by molar-refractivity contribution is 0.591. The van der Waals surface area contributed by atoms with E-state index in [2.05, 4.69) is 59.3 Å². The molecule has 0 amide bonds. The molecule has 5 aromatic carbocycles. The van der Waals surface area contributed by atoms with E-state index in [-0.39, 0.29) is 10.6 Å². The van der Waals surface area contributed by atoms with Gasteiger partial charge in [-0.05, 0) is 66.9 Å². The third-order valence-electron chi connectivity index (χ3n) is 6.54. The molecule has 0 aliphatic rings. The highest BCUT2D eigenvalue weighted by molar-refractivity contribution is 7.89. The van der Waals surface area contributed by atoms with Gasteiger partial charge >= 0.3 is 0 Å². The van der Waals surface area contributed by atoms with Gasteiger partial charge in [0.05, 0.1) is 10.6 Å². The van der Waals surface area contributed by atoms with Crippen LogP contribution in [0.2, 0.25) is 5.02 Å². The van der Waals surface area contributed by atoms with E-state index >= 15 is 0 Å². The van der Waals surface area contributed by atoms with E-state index in [4.69, 9.17) is 11.6 Å². The molecule has 0 unspecified atom stereocenters. The summed E-state index contributed by atoms with van der Waals surface area (Å²) in [5.74, 6) is 0. The van der Waals surface area contributed by atoms with Crippen LogP contribution in [0.25, 0.3) is 5.70 Å². The summed E-state index contributed by atoms with van der Waals surface area (Å²) in [7, 11) is -4.82. The van der Waals surface area contributed by atoms with Crippen molar-refractivity contribution in [3.05, 3.63) is 167 Å². The Morgan fingerprint density at radius 2 is 1.20 bits per heavy atom. The van der Waals surface area contributed by atoms with Crippen molar-refractivity contribution in [3.63, 3.8) is 0 Å². The molecule has 5 aromatic rings. The maximum absolute atomic E-state index is 13.6. The van der Waals surface area contributed by atoms with Gasteiger partial charge in [-0.25, -0.2) is 8.42 Å². The number of aryl methyl sites for hydroxylation is 1. The van der Waals surface area contributed by atoms with Crippen LogP contribution in [0.15, 0.2) is 150 Å². The summed E-state index contributed by atoms with van der Waals surface area (Å²) in [6, 6.07) is 45.1. The Hall–Kier alpha value is -3.69. The van der Waals surface area contributed by atoms with Crippen molar-refractivity contribution < 1.29 is 8.42 Å². The third kappa shape index (κ3) is 6.71. The molecule has 0 bridgehead atoms. The molecular weight excluding hydrogens is 553 g/mol. The number of allylic oxidation sites excluding steroid dienone is 1. The molecule has 0 aliphatic carbocycles. The number of rotatable bonds is 9. The molecule has 5 rings (SSSR count). The van der Waals surface area contributed by atoms with Crippen LogP contribution in [0.3, 0.4) is 0 Å². The van der Waals surface area contributed by atoms with Crippen molar-refractivity contribution in [2.24, 2.45) is 0 Å². The van der Waals surface area contributed by atoms with Crippen molar-refractivity contribution in [2.75, 3.05) is 0 Å². The molecule has 6 heteroatoms. The highest BCUT2D eigenvalue weighted by Gasteiger charge is 2.27. The quantitative estimate of drug-likeness (QED) is 0.180. The number of benzene rings is 5. The lowest BCUT2D eigenvalue weighted by Gasteiger charge is -2.28. The summed E-state index contributed by atoms with van der Waals surface area (Å²) < 4.78 is 30.2. The number of hydrogen-bond donors (Lipinski definition) is 1. The summed E-state index contributed by atoms with van der Waals surface area (Å²) in [5.41, 5.74) is 3.20. The molecule has 0 radical (unpaired) electrons. The molecular formula is C34H29ClNO2PS. The molecule has 0 saturated carbocycles. The Morgan fingerprint density at radius 3 is 1.73 bits per heavy atom. The fourth-order valence-electron chi connectivity index (χ4n) is 4.51. The van der Waals surface area contributed by atoms with E-state index in [1.807, 2.05) is 73.7 Å². The van der Waals surface area contributed by atoms with Crippen LogP contribution < -0.4 is 15.3 Å². The Morgan fingerprint density at radius 1 is 0.700 bits per heavy atom. The zero-order chi connectivity index (χ0) is 28.0. The van der Waals surface area contributed by atoms with Gasteiger partial charge in [-0.2, -0.15) is 0 Å². The van der Waals surface area contributed by atoms with Crippen molar-refractivity contribution in [1.82, 2.24) is 4.72 Å². The van der Waals surface area contributed by atoms with Gasteiger partial charge in [0.1, 0.15) is 0 Å². The molecule has 0 saturated heterocycles. The Balaban J connectivity index is 1.71. The predicted octanol–water partition coefficient (Wildman–Crippen LogP) is 7.84. The van der Waals surface area contributed by atoms with Crippen LogP contribution >= 0.6 is 19.5 Å². The fraction of sp³-hybridized carbons (Fsp3) is 0.0588. The third-order valence-corrected chi connectivity index (χ3v) is 10.9. The largest absolute Gasteiger partial charge is 0.279 e. The topological polar surface area (TPSA) is 46.2 Å². The average Bonchev–Trinajstić information content (AvgIpc) is 2.98. The first kappa shape index (κ1) is 27.9. The maximum atomic E-state index is 13.6. The van der Waals surface area contributed by atoms with Crippen LogP contribution in [0.4, 0.5) is 0 Å². The molecule has 3 nitrogen and oxygen atoms in total. The van der Waals surface area contributed by atoms with Gasteiger partial charge in [0.15, 0.2) is 0 Å². The van der Waals surface area contributed by atoms with Crippen molar-refractivity contribution in [2.45, 2.75) is 17.5 Å². The SMILES string of the molecule is Cc1ccc(S(=O)(=O)N/C(=C\[C@H](c2ccc(Cl)cc2)P(c2ccccc2)c2ccccc2)c2ccccc2)cc1. The lowest BCUT2D eigenvalue weighted by Crippen LogP contribution is -2.24. The summed E-state index contributed by atoms with van der Waals surface area (Å²) in [5, 5.41) is 3.03. The maximum Gasteiger partial charge on any atom is 0.261 e. The molecule has 1 N–H and O–H groups in total. The van der Waals surface area contributed by atoms with E-state index in [0.29, 0.717) is 10.7 Å². The monoisotopic (exact) mass is 581 g/mol. The second-order valence-electron chi connectivity index (χ2n) is 9.40. The van der Waals surface area contributed by atoms with Gasteiger partial charge < -0.3 is 0 Å². The number of hydrogen-bond acceptors (Lipinski definition) is 2. The summed E-state index contributed by atoms with van der Waals surface area (Å²) in [6.07, 6.45) is 2.07. The number of halogens is 1. The standard InChI is InChI=1S/C34H29ClNO2PS/c1-26-17-23-32(24-18-26)40(37,38)36-33(27-11-5-2-6-12-27)25-34(28-19-21-29(35)22-20-28)39(30-13-7-3-8-14-30)31-15-9-4-10-16-31/h2-25,34,36H,1H3/b33-25-/t34-/m1/s1. The predicted molar refractivity (Wildman–Crippen MR) is 169 cm³/mol. The zero-order valence-electron chi connectivity index (χ0n) is 22.0. The Labute approximate surface area is 243 Å². The molecule has 40 heavy (non-hydrogen) atoms. The highest BCUT2D eigenvalue weighted by atomic mass is 35.5. The minimum Gasteiger partial charge on any atom is -0.279 e. The molecule has 0 fully saturated rings. The minimum absolute atomic E-state index is 0.159.